The predicted molar refractivity (Wildman–Crippen MR) is 134 cm³/mol. The topological polar surface area (TPSA) is 89.9 Å². The van der Waals surface area contributed by atoms with Gasteiger partial charge in [-0.2, -0.15) is 0 Å². The van der Waals surface area contributed by atoms with Crippen LogP contribution in [0.1, 0.15) is 5.69 Å². The van der Waals surface area contributed by atoms with Gasteiger partial charge in [-0.25, -0.2) is 14.2 Å². The average molecular weight is 468 g/mol. The Hall–Kier alpha value is -4.17. The lowest BCUT2D eigenvalue weighted by atomic mass is 9.99. The molecule has 0 aliphatic heterocycles. The summed E-state index contributed by atoms with van der Waals surface area (Å²) in [5, 5.41) is 1.87. The van der Waals surface area contributed by atoms with Crippen molar-refractivity contribution in [3.63, 3.8) is 0 Å². The van der Waals surface area contributed by atoms with Crippen LogP contribution < -0.4 is 9.46 Å². The number of nitrogens with zero attached hydrogens (tertiary/aromatic N) is 4. The Bertz CT molecular complexity index is 1510. The molecule has 1 unspecified atom stereocenters. The zero-order valence-corrected chi connectivity index (χ0v) is 19.4. The summed E-state index contributed by atoms with van der Waals surface area (Å²) in [6.07, 6.45) is 6.56. The number of aryl methyl sites for hydroxylation is 1. The molecule has 0 bridgehead atoms. The van der Waals surface area contributed by atoms with Crippen molar-refractivity contribution in [2.45, 2.75) is 11.8 Å². The molecule has 0 aliphatic carbocycles. The van der Waals surface area contributed by atoms with E-state index in [4.69, 9.17) is 4.74 Å². The molecule has 8 heteroatoms. The van der Waals surface area contributed by atoms with E-state index in [2.05, 4.69) is 30.7 Å². The molecule has 0 amide bonds. The van der Waals surface area contributed by atoms with Gasteiger partial charge in [-0.1, -0.05) is 12.1 Å². The van der Waals surface area contributed by atoms with Crippen LogP contribution in [0.15, 0.2) is 90.5 Å². The Labute approximate surface area is 199 Å². The molecule has 7 nitrogen and oxygen atoms in total. The number of ether oxygens (including phenoxy) is 1. The highest BCUT2D eigenvalue weighted by molar-refractivity contribution is 7.86. The molecule has 0 fully saturated rings. The van der Waals surface area contributed by atoms with Crippen LogP contribution in [-0.2, 0) is 11.0 Å². The third-order valence-corrected chi connectivity index (χ3v) is 6.49. The van der Waals surface area contributed by atoms with Crippen molar-refractivity contribution in [3.8, 4) is 28.1 Å². The molecule has 5 aromatic rings. The fraction of sp³-hybridized carbons (Fsp3) is 0.0769. The van der Waals surface area contributed by atoms with Crippen LogP contribution in [0.4, 0.5) is 5.82 Å². The summed E-state index contributed by atoms with van der Waals surface area (Å²) < 4.78 is 21.4. The molecule has 168 valence electrons. The van der Waals surface area contributed by atoms with Crippen LogP contribution in [0, 0.1) is 6.92 Å². The largest absolute Gasteiger partial charge is 0.496 e. The molecule has 3 heterocycles. The van der Waals surface area contributed by atoms with E-state index >= 15 is 0 Å². The molecular weight excluding hydrogens is 446 g/mol. The van der Waals surface area contributed by atoms with Gasteiger partial charge in [0.1, 0.15) is 17.9 Å². The number of benzene rings is 2. The summed E-state index contributed by atoms with van der Waals surface area (Å²) in [5.41, 5.74) is 4.76. The number of fused-ring (bicyclic) bond motifs is 1. The maximum atomic E-state index is 12.8. The van der Waals surface area contributed by atoms with Gasteiger partial charge in [0.25, 0.3) is 0 Å². The van der Waals surface area contributed by atoms with Crippen molar-refractivity contribution in [3.05, 3.63) is 91.3 Å². The van der Waals surface area contributed by atoms with E-state index < -0.39 is 11.0 Å². The lowest BCUT2D eigenvalue weighted by molar-refractivity contribution is 0.416. The fourth-order valence-corrected chi connectivity index (χ4v) is 4.64. The third-order valence-electron chi connectivity index (χ3n) is 5.42. The van der Waals surface area contributed by atoms with Crippen LogP contribution in [0.5, 0.6) is 5.75 Å². The van der Waals surface area contributed by atoms with E-state index in [1.807, 2.05) is 55.5 Å². The number of methoxy groups -OCH3 is 1. The van der Waals surface area contributed by atoms with Crippen molar-refractivity contribution < 1.29 is 8.95 Å². The van der Waals surface area contributed by atoms with Crippen LogP contribution >= 0.6 is 0 Å². The minimum Gasteiger partial charge on any atom is -0.496 e. The van der Waals surface area contributed by atoms with Crippen LogP contribution in [0.25, 0.3) is 33.2 Å². The molecular formula is C26H21N5O2S. The number of anilines is 1. The van der Waals surface area contributed by atoms with E-state index in [0.29, 0.717) is 10.7 Å². The monoisotopic (exact) mass is 467 g/mol. The maximum absolute atomic E-state index is 12.8. The first-order chi connectivity index (χ1) is 16.6. The Morgan fingerprint density at radius 2 is 1.71 bits per heavy atom. The molecule has 0 aliphatic rings. The Morgan fingerprint density at radius 3 is 2.50 bits per heavy atom. The van der Waals surface area contributed by atoms with Crippen LogP contribution in [0.3, 0.4) is 0 Å². The molecule has 1 atom stereocenters. The van der Waals surface area contributed by atoms with E-state index in [-0.39, 0.29) is 0 Å². The summed E-state index contributed by atoms with van der Waals surface area (Å²) in [6.45, 7) is 1.97. The number of pyridine rings is 2. The predicted octanol–water partition coefficient (Wildman–Crippen LogP) is 5.21. The van der Waals surface area contributed by atoms with Crippen molar-refractivity contribution in [2.24, 2.45) is 0 Å². The number of rotatable bonds is 6. The Kier molecular flexibility index (Phi) is 5.97. The normalized spacial score (nSPS) is 11.8. The standard InChI is InChI=1S/C26H21N5O2S/c1-17-13-19(7-11-28-17)18-3-5-23(24(15-18)33-2)26-22-6-4-21(14-20(22)8-12-29-26)34(32)31-25-9-10-27-16-30-25/h3-16H,1-2H3,(H,27,30,31). The highest BCUT2D eigenvalue weighted by Gasteiger charge is 2.14. The molecule has 0 saturated heterocycles. The number of hydrogen-bond donors (Lipinski definition) is 1. The second kappa shape index (κ2) is 9.36. The highest BCUT2D eigenvalue weighted by atomic mass is 32.2. The summed E-state index contributed by atoms with van der Waals surface area (Å²) in [6, 6.07) is 19.4. The molecule has 0 radical (unpaired) electrons. The van der Waals surface area contributed by atoms with Gasteiger partial charge in [0.15, 0.2) is 11.0 Å². The van der Waals surface area contributed by atoms with E-state index in [0.717, 1.165) is 44.6 Å². The van der Waals surface area contributed by atoms with E-state index in [1.165, 1.54) is 6.33 Å². The summed E-state index contributed by atoms with van der Waals surface area (Å²) in [5.74, 6) is 1.23. The van der Waals surface area contributed by atoms with Gasteiger partial charge in [-0.15, -0.1) is 0 Å². The van der Waals surface area contributed by atoms with Gasteiger partial charge in [0.2, 0.25) is 0 Å². The summed E-state index contributed by atoms with van der Waals surface area (Å²) >= 11 is 0. The molecule has 3 aromatic heterocycles. The fourth-order valence-electron chi connectivity index (χ4n) is 3.78. The van der Waals surface area contributed by atoms with E-state index in [9.17, 15) is 4.21 Å². The average Bonchev–Trinajstić information content (AvgIpc) is 2.88. The van der Waals surface area contributed by atoms with Gasteiger partial charge in [0, 0.05) is 35.2 Å². The third kappa shape index (κ3) is 4.35. The zero-order chi connectivity index (χ0) is 23.5. The zero-order valence-electron chi connectivity index (χ0n) is 18.6. The van der Waals surface area contributed by atoms with Gasteiger partial charge in [0.05, 0.1) is 17.7 Å². The first-order valence-electron chi connectivity index (χ1n) is 10.6. The maximum Gasteiger partial charge on any atom is 0.151 e. The summed E-state index contributed by atoms with van der Waals surface area (Å²) in [4.78, 5) is 17.5. The SMILES string of the molecule is COc1cc(-c2ccnc(C)c2)ccc1-c1nccc2cc(S(=O)Nc3ccncn3)ccc12. The minimum atomic E-state index is -1.46. The van der Waals surface area contributed by atoms with Crippen molar-refractivity contribution >= 4 is 27.6 Å². The molecule has 0 spiro atoms. The van der Waals surface area contributed by atoms with Gasteiger partial charge in [-0.05, 0) is 72.0 Å². The smallest absolute Gasteiger partial charge is 0.151 e. The molecule has 34 heavy (non-hydrogen) atoms. The Morgan fingerprint density at radius 1 is 0.853 bits per heavy atom. The lowest BCUT2D eigenvalue weighted by Gasteiger charge is -2.13. The van der Waals surface area contributed by atoms with Crippen molar-refractivity contribution in [2.75, 3.05) is 11.8 Å². The first-order valence-corrected chi connectivity index (χ1v) is 11.7. The Balaban J connectivity index is 1.52. The van der Waals surface area contributed by atoms with Gasteiger partial charge < -0.3 is 4.74 Å². The van der Waals surface area contributed by atoms with Crippen molar-refractivity contribution in [1.82, 2.24) is 19.9 Å². The number of hydrogen-bond acceptors (Lipinski definition) is 6. The van der Waals surface area contributed by atoms with Crippen molar-refractivity contribution in [1.29, 1.82) is 0 Å². The minimum absolute atomic E-state index is 0.498. The van der Waals surface area contributed by atoms with Crippen LogP contribution in [-0.4, -0.2) is 31.3 Å². The van der Waals surface area contributed by atoms with Gasteiger partial charge in [-0.3, -0.25) is 14.7 Å². The van der Waals surface area contributed by atoms with Crippen LogP contribution in [0.2, 0.25) is 0 Å². The quantitative estimate of drug-likeness (QED) is 0.369. The lowest BCUT2D eigenvalue weighted by Crippen LogP contribution is -2.06. The molecule has 1 N–H and O–H groups in total. The molecule has 5 rings (SSSR count). The molecule has 0 saturated carbocycles. The summed E-state index contributed by atoms with van der Waals surface area (Å²) in [7, 11) is 0.194. The second-order valence-corrected chi connectivity index (χ2v) is 8.82. The molecule has 2 aromatic carbocycles. The highest BCUT2D eigenvalue weighted by Crippen LogP contribution is 2.37. The number of aromatic nitrogens is 4. The van der Waals surface area contributed by atoms with Gasteiger partial charge >= 0.3 is 0 Å². The second-order valence-electron chi connectivity index (χ2n) is 7.61. The first kappa shape index (κ1) is 21.7. The van der Waals surface area contributed by atoms with E-state index in [1.54, 1.807) is 31.8 Å². The number of nitrogens with one attached hydrogen (secondary N) is 1.